The molecule has 0 spiro atoms. The Balaban J connectivity index is 2.11. The van der Waals surface area contributed by atoms with Gasteiger partial charge in [-0.1, -0.05) is 0 Å². The molecule has 0 bridgehead atoms. The van der Waals surface area contributed by atoms with Gasteiger partial charge in [-0.15, -0.1) is 0 Å². The molecule has 0 aromatic carbocycles. The Morgan fingerprint density at radius 3 is 3.00 bits per heavy atom. The number of methoxy groups -OCH3 is 1. The second-order valence-corrected chi connectivity index (χ2v) is 3.76. The SMILES string of the molecule is COCc1ccc(C=Nc2cc(C)nn2C)o1. The molecule has 17 heavy (non-hydrogen) atoms. The van der Waals surface area contributed by atoms with Crippen molar-refractivity contribution in [3.63, 3.8) is 0 Å². The molecule has 0 aliphatic rings. The smallest absolute Gasteiger partial charge is 0.150 e. The molecule has 0 atom stereocenters. The maximum atomic E-state index is 5.49. The molecule has 0 unspecified atom stereocenters. The molecular formula is C12H15N3O2. The van der Waals surface area contributed by atoms with Crippen molar-refractivity contribution in [2.24, 2.45) is 12.0 Å². The first kappa shape index (κ1) is 11.6. The van der Waals surface area contributed by atoms with Gasteiger partial charge in [0.05, 0.1) is 11.9 Å². The van der Waals surface area contributed by atoms with E-state index in [0.29, 0.717) is 12.4 Å². The van der Waals surface area contributed by atoms with Crippen LogP contribution >= 0.6 is 0 Å². The summed E-state index contributed by atoms with van der Waals surface area (Å²) in [4.78, 5) is 4.31. The van der Waals surface area contributed by atoms with E-state index in [1.807, 2.05) is 32.2 Å². The van der Waals surface area contributed by atoms with E-state index in [1.165, 1.54) is 0 Å². The van der Waals surface area contributed by atoms with Gasteiger partial charge in [0.15, 0.2) is 0 Å². The number of nitrogens with zero attached hydrogens (tertiary/aromatic N) is 3. The fraction of sp³-hybridized carbons (Fsp3) is 0.333. The van der Waals surface area contributed by atoms with E-state index in [2.05, 4.69) is 10.1 Å². The summed E-state index contributed by atoms with van der Waals surface area (Å²) >= 11 is 0. The van der Waals surface area contributed by atoms with Gasteiger partial charge in [0.25, 0.3) is 0 Å². The lowest BCUT2D eigenvalue weighted by atomic mass is 10.4. The largest absolute Gasteiger partial charge is 0.458 e. The molecule has 0 aliphatic carbocycles. The lowest BCUT2D eigenvalue weighted by molar-refractivity contribution is 0.164. The Hall–Kier alpha value is -1.88. The van der Waals surface area contributed by atoms with Crippen molar-refractivity contribution < 1.29 is 9.15 Å². The molecule has 0 aliphatic heterocycles. The monoisotopic (exact) mass is 233 g/mol. The summed E-state index contributed by atoms with van der Waals surface area (Å²) in [5, 5.41) is 4.21. The minimum absolute atomic E-state index is 0.471. The van der Waals surface area contributed by atoms with E-state index < -0.39 is 0 Å². The average Bonchev–Trinajstić information content (AvgIpc) is 2.83. The predicted octanol–water partition coefficient (Wildman–Crippen LogP) is 2.22. The van der Waals surface area contributed by atoms with Crippen molar-refractivity contribution in [1.82, 2.24) is 9.78 Å². The van der Waals surface area contributed by atoms with Crippen molar-refractivity contribution in [3.8, 4) is 0 Å². The molecule has 2 heterocycles. The first-order chi connectivity index (χ1) is 8.19. The van der Waals surface area contributed by atoms with Crippen molar-refractivity contribution in [2.45, 2.75) is 13.5 Å². The fourth-order valence-electron chi connectivity index (χ4n) is 1.53. The molecule has 0 saturated heterocycles. The van der Waals surface area contributed by atoms with Gasteiger partial charge in [0.1, 0.15) is 23.9 Å². The number of aryl methyl sites for hydroxylation is 2. The van der Waals surface area contributed by atoms with E-state index >= 15 is 0 Å². The van der Waals surface area contributed by atoms with Gasteiger partial charge in [-0.3, -0.25) is 4.68 Å². The Bertz CT molecular complexity index is 526. The molecule has 2 aromatic heterocycles. The van der Waals surface area contributed by atoms with Crippen molar-refractivity contribution in [3.05, 3.63) is 35.4 Å². The van der Waals surface area contributed by atoms with Crippen LogP contribution in [0.2, 0.25) is 0 Å². The number of aliphatic imine (C=N–C) groups is 1. The second kappa shape index (κ2) is 4.97. The zero-order chi connectivity index (χ0) is 12.3. The number of aromatic nitrogens is 2. The summed E-state index contributed by atoms with van der Waals surface area (Å²) in [6.07, 6.45) is 1.68. The predicted molar refractivity (Wildman–Crippen MR) is 64.6 cm³/mol. The van der Waals surface area contributed by atoms with Crippen LogP contribution in [0.1, 0.15) is 17.2 Å². The van der Waals surface area contributed by atoms with Crippen LogP contribution in [0.3, 0.4) is 0 Å². The Labute approximate surface area is 99.7 Å². The molecule has 2 rings (SSSR count). The number of ether oxygens (including phenoxy) is 1. The Morgan fingerprint density at radius 1 is 1.53 bits per heavy atom. The quantitative estimate of drug-likeness (QED) is 0.761. The van der Waals surface area contributed by atoms with Crippen molar-refractivity contribution in [1.29, 1.82) is 0 Å². The van der Waals surface area contributed by atoms with Crippen LogP contribution in [0, 0.1) is 6.92 Å². The molecule has 90 valence electrons. The normalized spacial score (nSPS) is 11.5. The van der Waals surface area contributed by atoms with Crippen molar-refractivity contribution in [2.75, 3.05) is 7.11 Å². The number of hydrogen-bond donors (Lipinski definition) is 0. The standard InChI is InChI=1S/C12H15N3O2/c1-9-6-12(15(2)14-9)13-7-10-4-5-11(17-10)8-16-3/h4-7H,8H2,1-3H3. The van der Waals surface area contributed by atoms with Gasteiger partial charge in [-0.2, -0.15) is 5.10 Å². The Kier molecular flexibility index (Phi) is 3.39. The third kappa shape index (κ3) is 2.82. The summed E-state index contributed by atoms with van der Waals surface area (Å²) in [7, 11) is 3.49. The summed E-state index contributed by atoms with van der Waals surface area (Å²) in [6.45, 7) is 2.40. The molecule has 0 fully saturated rings. The van der Waals surface area contributed by atoms with Gasteiger partial charge in [-0.25, -0.2) is 4.99 Å². The van der Waals surface area contributed by atoms with Crippen LogP contribution in [-0.2, 0) is 18.4 Å². The molecule has 0 saturated carbocycles. The molecule has 0 amide bonds. The number of hydrogen-bond acceptors (Lipinski definition) is 4. The first-order valence-corrected chi connectivity index (χ1v) is 5.31. The number of rotatable bonds is 4. The van der Waals surface area contributed by atoms with E-state index in [1.54, 1.807) is 18.0 Å². The first-order valence-electron chi connectivity index (χ1n) is 5.31. The topological polar surface area (TPSA) is 52.6 Å². The van der Waals surface area contributed by atoms with E-state index in [4.69, 9.17) is 9.15 Å². The van der Waals surface area contributed by atoms with Gasteiger partial charge < -0.3 is 9.15 Å². The summed E-state index contributed by atoms with van der Waals surface area (Å²) in [5.41, 5.74) is 0.944. The second-order valence-electron chi connectivity index (χ2n) is 3.76. The maximum absolute atomic E-state index is 5.49. The fourth-order valence-corrected chi connectivity index (χ4v) is 1.53. The molecule has 0 N–H and O–H groups in total. The molecule has 2 aromatic rings. The highest BCUT2D eigenvalue weighted by atomic mass is 16.5. The minimum atomic E-state index is 0.471. The molecular weight excluding hydrogens is 218 g/mol. The summed E-state index contributed by atoms with van der Waals surface area (Å²) < 4.78 is 12.2. The molecule has 5 heteroatoms. The minimum Gasteiger partial charge on any atom is -0.458 e. The highest BCUT2D eigenvalue weighted by molar-refractivity contribution is 5.78. The molecule has 0 radical (unpaired) electrons. The maximum Gasteiger partial charge on any atom is 0.150 e. The summed E-state index contributed by atoms with van der Waals surface area (Å²) in [6, 6.07) is 5.65. The summed E-state index contributed by atoms with van der Waals surface area (Å²) in [5.74, 6) is 2.29. The molecule has 5 nitrogen and oxygen atoms in total. The van der Waals surface area contributed by atoms with Crippen LogP contribution in [0.25, 0.3) is 0 Å². The van der Waals surface area contributed by atoms with Gasteiger partial charge in [0, 0.05) is 20.2 Å². The van der Waals surface area contributed by atoms with Crippen LogP contribution < -0.4 is 0 Å². The van der Waals surface area contributed by atoms with Gasteiger partial charge in [-0.05, 0) is 19.1 Å². The van der Waals surface area contributed by atoms with Crippen molar-refractivity contribution >= 4 is 12.0 Å². The van der Waals surface area contributed by atoms with Crippen LogP contribution in [-0.4, -0.2) is 23.1 Å². The van der Waals surface area contributed by atoms with Gasteiger partial charge >= 0.3 is 0 Å². The lowest BCUT2D eigenvalue weighted by Crippen LogP contribution is -1.89. The highest BCUT2D eigenvalue weighted by Gasteiger charge is 2.01. The van der Waals surface area contributed by atoms with E-state index in [9.17, 15) is 0 Å². The Morgan fingerprint density at radius 2 is 2.35 bits per heavy atom. The third-order valence-corrected chi connectivity index (χ3v) is 2.27. The van der Waals surface area contributed by atoms with E-state index in [-0.39, 0.29) is 0 Å². The van der Waals surface area contributed by atoms with Crippen LogP contribution in [0.15, 0.2) is 27.6 Å². The zero-order valence-electron chi connectivity index (χ0n) is 10.2. The number of furan rings is 1. The third-order valence-electron chi connectivity index (χ3n) is 2.27. The zero-order valence-corrected chi connectivity index (χ0v) is 10.2. The average molecular weight is 233 g/mol. The van der Waals surface area contributed by atoms with Crippen LogP contribution in [0.5, 0.6) is 0 Å². The van der Waals surface area contributed by atoms with E-state index in [0.717, 1.165) is 17.3 Å². The van der Waals surface area contributed by atoms with Crippen LogP contribution in [0.4, 0.5) is 5.82 Å². The van der Waals surface area contributed by atoms with Gasteiger partial charge in [0.2, 0.25) is 0 Å². The lowest BCUT2D eigenvalue weighted by Gasteiger charge is -1.93. The highest BCUT2D eigenvalue weighted by Crippen LogP contribution is 2.13.